The van der Waals surface area contributed by atoms with Gasteiger partial charge >= 0.3 is 0 Å². The highest BCUT2D eigenvalue weighted by molar-refractivity contribution is 7.89. The van der Waals surface area contributed by atoms with E-state index in [9.17, 15) is 13.2 Å². The molecule has 1 aliphatic carbocycles. The summed E-state index contributed by atoms with van der Waals surface area (Å²) in [6.07, 6.45) is 5.31. The van der Waals surface area contributed by atoms with Crippen LogP contribution in [0.3, 0.4) is 0 Å². The number of benzene rings is 1. The van der Waals surface area contributed by atoms with Crippen LogP contribution in [0.15, 0.2) is 23.1 Å². The van der Waals surface area contributed by atoms with Crippen molar-refractivity contribution in [2.24, 2.45) is 0 Å². The highest BCUT2D eigenvalue weighted by atomic mass is 32.2. The number of rotatable bonds is 8. The molecule has 1 saturated carbocycles. The van der Waals surface area contributed by atoms with Gasteiger partial charge in [0.15, 0.2) is 0 Å². The fourth-order valence-corrected chi connectivity index (χ4v) is 4.59. The molecule has 1 fully saturated rings. The molecular weight excluding hydrogens is 382 g/mol. The predicted octanol–water partition coefficient (Wildman–Crippen LogP) is 1.15. The molecule has 1 aromatic carbocycles. The maximum Gasteiger partial charge on any atom is 0.243 e. The second kappa shape index (κ2) is 8.97. The van der Waals surface area contributed by atoms with Crippen molar-refractivity contribution in [1.29, 1.82) is 0 Å². The van der Waals surface area contributed by atoms with Gasteiger partial charge in [-0.3, -0.25) is 4.79 Å². The number of hydrogen-bond donors (Lipinski definition) is 1. The lowest BCUT2D eigenvalue weighted by Gasteiger charge is -2.24. The lowest BCUT2D eigenvalue weighted by Crippen LogP contribution is -2.43. The van der Waals surface area contributed by atoms with Crippen LogP contribution in [-0.4, -0.2) is 67.0 Å². The summed E-state index contributed by atoms with van der Waals surface area (Å²) in [5.41, 5.74) is 1.21. The van der Waals surface area contributed by atoms with Gasteiger partial charge in [-0.25, -0.2) is 13.1 Å². The number of likely N-dealkylation sites (N-methyl/N-ethyl adjacent to an activating group) is 1. The molecule has 154 valence electrons. The number of aromatic nitrogens is 3. The van der Waals surface area contributed by atoms with Gasteiger partial charge in [-0.15, -0.1) is 5.10 Å². The van der Waals surface area contributed by atoms with Crippen LogP contribution in [0.4, 0.5) is 0 Å². The molecule has 0 radical (unpaired) electrons. The molecule has 1 heterocycles. The van der Waals surface area contributed by atoms with Crippen LogP contribution in [0.2, 0.25) is 0 Å². The van der Waals surface area contributed by atoms with Crippen molar-refractivity contribution in [2.75, 3.05) is 27.3 Å². The number of hydrogen-bond acceptors (Lipinski definition) is 6. The molecule has 1 N–H and O–H groups in total. The Bertz CT molecular complexity index is 921. The number of nitrogens with one attached hydrogen (secondary N) is 1. The van der Waals surface area contributed by atoms with Crippen LogP contribution in [0.5, 0.6) is 0 Å². The van der Waals surface area contributed by atoms with Crippen molar-refractivity contribution in [3.05, 3.63) is 18.2 Å². The zero-order valence-electron chi connectivity index (χ0n) is 16.3. The number of carbonyl (C=O) groups is 1. The zero-order valence-corrected chi connectivity index (χ0v) is 17.1. The molecule has 3 rings (SSSR count). The van der Waals surface area contributed by atoms with E-state index in [-0.39, 0.29) is 23.4 Å². The Morgan fingerprint density at radius 2 is 2.07 bits per heavy atom. The summed E-state index contributed by atoms with van der Waals surface area (Å²) in [5.74, 6) is -0.274. The summed E-state index contributed by atoms with van der Waals surface area (Å²) in [4.78, 5) is 12.4. The number of nitrogens with zero attached hydrogens (tertiary/aromatic N) is 4. The first-order valence-electron chi connectivity index (χ1n) is 9.49. The highest BCUT2D eigenvalue weighted by Crippen LogP contribution is 2.20. The topological polar surface area (TPSA) is 106 Å². The fraction of sp³-hybridized carbons (Fsp3) is 0.611. The summed E-state index contributed by atoms with van der Waals surface area (Å²) in [6, 6.07) is 4.82. The maximum absolute atomic E-state index is 12.9. The molecule has 0 saturated heterocycles. The van der Waals surface area contributed by atoms with E-state index in [4.69, 9.17) is 4.74 Å². The SMILES string of the molecule is COCCn1nnc2cc(S(=O)(=O)N(C)CC(=O)NC3CCCCC3)ccc21. The molecular formula is C18H27N5O4S. The summed E-state index contributed by atoms with van der Waals surface area (Å²) in [5, 5.41) is 11.0. The van der Waals surface area contributed by atoms with E-state index >= 15 is 0 Å². The van der Waals surface area contributed by atoms with Crippen LogP contribution >= 0.6 is 0 Å². The molecule has 1 amide bonds. The minimum Gasteiger partial charge on any atom is -0.383 e. The monoisotopic (exact) mass is 409 g/mol. The molecule has 10 heteroatoms. The number of fused-ring (bicyclic) bond motifs is 1. The van der Waals surface area contributed by atoms with Crippen LogP contribution in [-0.2, 0) is 26.1 Å². The van der Waals surface area contributed by atoms with Gasteiger partial charge in [0.05, 0.1) is 30.1 Å². The summed E-state index contributed by atoms with van der Waals surface area (Å²) >= 11 is 0. The number of carbonyl (C=O) groups excluding carboxylic acids is 1. The Morgan fingerprint density at radius 1 is 1.32 bits per heavy atom. The van der Waals surface area contributed by atoms with Crippen molar-refractivity contribution in [1.82, 2.24) is 24.6 Å². The van der Waals surface area contributed by atoms with Gasteiger partial charge in [0.1, 0.15) is 5.52 Å². The van der Waals surface area contributed by atoms with Crippen LogP contribution in [0.1, 0.15) is 32.1 Å². The van der Waals surface area contributed by atoms with Crippen molar-refractivity contribution >= 4 is 27.0 Å². The number of ether oxygens (including phenoxy) is 1. The van der Waals surface area contributed by atoms with E-state index in [2.05, 4.69) is 15.6 Å². The van der Waals surface area contributed by atoms with Crippen molar-refractivity contribution in [3.8, 4) is 0 Å². The van der Waals surface area contributed by atoms with E-state index in [0.29, 0.717) is 18.7 Å². The number of sulfonamides is 1. The van der Waals surface area contributed by atoms with Gasteiger partial charge in [-0.05, 0) is 31.0 Å². The second-order valence-corrected chi connectivity index (χ2v) is 9.16. The molecule has 0 spiro atoms. The number of methoxy groups -OCH3 is 1. The Labute approximate surface area is 165 Å². The molecule has 2 aromatic rings. The Morgan fingerprint density at radius 3 is 2.79 bits per heavy atom. The molecule has 0 unspecified atom stereocenters. The Kier molecular flexibility index (Phi) is 6.63. The standard InChI is InChI=1S/C18H27N5O4S/c1-22(13-18(24)19-14-6-4-3-5-7-14)28(25,26)15-8-9-17-16(12-15)20-21-23(17)10-11-27-2/h8-9,12,14H,3-7,10-11,13H2,1-2H3,(H,19,24). The van der Waals surface area contributed by atoms with Gasteiger partial charge in [-0.1, -0.05) is 24.5 Å². The normalized spacial score (nSPS) is 16.0. The van der Waals surface area contributed by atoms with Gasteiger partial charge in [0.2, 0.25) is 15.9 Å². The number of amides is 1. The lowest BCUT2D eigenvalue weighted by molar-refractivity contribution is -0.122. The highest BCUT2D eigenvalue weighted by Gasteiger charge is 2.25. The summed E-state index contributed by atoms with van der Waals surface area (Å²) in [6.45, 7) is 0.801. The average Bonchev–Trinajstić information content (AvgIpc) is 3.09. The predicted molar refractivity (Wildman–Crippen MR) is 104 cm³/mol. The van der Waals surface area contributed by atoms with Crippen molar-refractivity contribution in [2.45, 2.75) is 49.6 Å². The molecule has 0 aliphatic heterocycles. The fourth-order valence-electron chi connectivity index (χ4n) is 3.44. The van der Waals surface area contributed by atoms with E-state index < -0.39 is 10.0 Å². The first-order chi connectivity index (χ1) is 13.4. The minimum absolute atomic E-state index is 0.0896. The van der Waals surface area contributed by atoms with Gasteiger partial charge < -0.3 is 10.1 Å². The van der Waals surface area contributed by atoms with Crippen LogP contribution in [0, 0.1) is 0 Å². The van der Waals surface area contributed by atoms with Gasteiger partial charge in [0, 0.05) is 20.2 Å². The van der Waals surface area contributed by atoms with Crippen molar-refractivity contribution in [3.63, 3.8) is 0 Å². The third-order valence-corrected chi connectivity index (χ3v) is 6.84. The van der Waals surface area contributed by atoms with Crippen LogP contribution in [0.25, 0.3) is 11.0 Å². The largest absolute Gasteiger partial charge is 0.383 e. The van der Waals surface area contributed by atoms with E-state index in [1.54, 1.807) is 17.9 Å². The average molecular weight is 410 g/mol. The second-order valence-electron chi connectivity index (χ2n) is 7.12. The molecule has 1 aromatic heterocycles. The van der Waals surface area contributed by atoms with E-state index in [1.165, 1.54) is 25.6 Å². The molecule has 28 heavy (non-hydrogen) atoms. The smallest absolute Gasteiger partial charge is 0.243 e. The van der Waals surface area contributed by atoms with E-state index in [0.717, 1.165) is 35.5 Å². The van der Waals surface area contributed by atoms with E-state index in [1.807, 2.05) is 0 Å². The lowest BCUT2D eigenvalue weighted by atomic mass is 9.95. The van der Waals surface area contributed by atoms with Crippen molar-refractivity contribution < 1.29 is 17.9 Å². The molecule has 1 aliphatic rings. The quantitative estimate of drug-likeness (QED) is 0.701. The Balaban J connectivity index is 1.69. The molecule has 0 bridgehead atoms. The zero-order chi connectivity index (χ0) is 20.1. The summed E-state index contributed by atoms with van der Waals surface area (Å²) < 4.78 is 33.5. The third-order valence-electron chi connectivity index (χ3n) is 5.04. The minimum atomic E-state index is -3.80. The molecule has 9 nitrogen and oxygen atoms in total. The molecule has 0 atom stereocenters. The van der Waals surface area contributed by atoms with Gasteiger partial charge in [-0.2, -0.15) is 4.31 Å². The first-order valence-corrected chi connectivity index (χ1v) is 10.9. The maximum atomic E-state index is 12.9. The Hall–Kier alpha value is -2.04. The van der Waals surface area contributed by atoms with Crippen LogP contribution < -0.4 is 5.32 Å². The third kappa shape index (κ3) is 4.68. The van der Waals surface area contributed by atoms with Gasteiger partial charge in [0.25, 0.3) is 0 Å². The first kappa shape index (κ1) is 20.7. The summed E-state index contributed by atoms with van der Waals surface area (Å²) in [7, 11) is -0.790.